The molecule has 19 heavy (non-hydrogen) atoms. The summed E-state index contributed by atoms with van der Waals surface area (Å²) in [6.07, 6.45) is 0.130. The number of hydrogen-bond acceptors (Lipinski definition) is 5. The van der Waals surface area contributed by atoms with Crippen LogP contribution in [0, 0.1) is 4.91 Å². The van der Waals surface area contributed by atoms with E-state index in [1.54, 1.807) is 0 Å². The third-order valence-electron chi connectivity index (χ3n) is 2.27. The molecule has 0 aromatic rings. The van der Waals surface area contributed by atoms with Gasteiger partial charge in [-0.25, -0.2) is 0 Å². The summed E-state index contributed by atoms with van der Waals surface area (Å²) in [5, 5.41) is 0. The first-order chi connectivity index (χ1) is 8.95. The van der Waals surface area contributed by atoms with Gasteiger partial charge in [0.05, 0.1) is 31.3 Å². The predicted molar refractivity (Wildman–Crippen MR) is 68.4 cm³/mol. The largest absolute Gasteiger partial charge is 0.382 e. The Labute approximate surface area is 113 Å². The van der Waals surface area contributed by atoms with Crippen LogP contribution in [0.1, 0.15) is 13.3 Å². The predicted octanol–water partition coefficient (Wildman–Crippen LogP) is -0.787. The maximum Gasteiger partial charge on any atom is 0.219 e. The van der Waals surface area contributed by atoms with E-state index in [1.165, 1.54) is 14.2 Å². The van der Waals surface area contributed by atoms with Crippen LogP contribution in [0.5, 0.6) is 0 Å². The average molecular weight is 278 g/mol. The molecule has 0 heterocycles. The minimum Gasteiger partial charge on any atom is -0.382 e. The summed E-state index contributed by atoms with van der Waals surface area (Å²) in [5.41, 5.74) is 6.93. The fraction of sp³-hybridized carbons (Fsp3) is 0.909. The molecule has 0 radical (unpaired) electrons. The van der Waals surface area contributed by atoms with E-state index in [0.29, 0.717) is 11.5 Å². The molecular weight excluding hydrogens is 254 g/mol. The Morgan fingerprint density at radius 2 is 1.95 bits per heavy atom. The van der Waals surface area contributed by atoms with E-state index >= 15 is 0 Å². The number of primary amides is 1. The topological polar surface area (TPSA) is 103 Å². The monoisotopic (exact) mass is 278 g/mol. The van der Waals surface area contributed by atoms with Crippen LogP contribution in [0.3, 0.4) is 0 Å². The number of nitroso groups, excluding NO2 is 1. The first-order valence-corrected chi connectivity index (χ1v) is 6.07. The molecule has 0 rings (SSSR count). The van der Waals surface area contributed by atoms with Gasteiger partial charge in [-0.15, -0.1) is 5.43 Å². The van der Waals surface area contributed by atoms with Crippen molar-refractivity contribution in [1.82, 2.24) is 5.43 Å². The molecule has 1 unspecified atom stereocenters. The van der Waals surface area contributed by atoms with Crippen molar-refractivity contribution in [2.75, 3.05) is 47.2 Å². The summed E-state index contributed by atoms with van der Waals surface area (Å²) in [6, 6.07) is 0. The summed E-state index contributed by atoms with van der Waals surface area (Å²) in [7, 11) is 2.86. The SMILES string of the molecule is CCOCC(COC)(COCCC(N)=O)N[N+](C)=O. The average Bonchev–Trinajstić information content (AvgIpc) is 2.31. The lowest BCUT2D eigenvalue weighted by molar-refractivity contribution is -0.596. The van der Waals surface area contributed by atoms with E-state index < -0.39 is 11.4 Å². The minimum atomic E-state index is -0.793. The molecular formula is C11H24N3O5+. The van der Waals surface area contributed by atoms with E-state index in [2.05, 4.69) is 5.43 Å². The van der Waals surface area contributed by atoms with E-state index in [4.69, 9.17) is 19.9 Å². The third kappa shape index (κ3) is 8.46. The summed E-state index contributed by atoms with van der Waals surface area (Å²) in [4.78, 5) is 22.4. The second kappa shape index (κ2) is 9.65. The zero-order valence-electron chi connectivity index (χ0n) is 11.8. The first kappa shape index (κ1) is 17.8. The Balaban J connectivity index is 4.48. The van der Waals surface area contributed by atoms with Gasteiger partial charge in [0.15, 0.2) is 5.54 Å². The Hall–Kier alpha value is -1.25. The van der Waals surface area contributed by atoms with Gasteiger partial charge >= 0.3 is 0 Å². The number of hydrazine groups is 1. The Bertz CT molecular complexity index is 288. The quantitative estimate of drug-likeness (QED) is 0.275. The molecule has 0 spiro atoms. The maximum absolute atomic E-state index is 11.2. The van der Waals surface area contributed by atoms with Crippen LogP contribution < -0.4 is 11.2 Å². The minimum absolute atomic E-state index is 0.130. The molecule has 8 heteroatoms. The van der Waals surface area contributed by atoms with Crippen molar-refractivity contribution in [3.05, 3.63) is 4.91 Å². The maximum atomic E-state index is 11.2. The highest BCUT2D eigenvalue weighted by molar-refractivity contribution is 5.73. The van der Waals surface area contributed by atoms with Crippen LogP contribution >= 0.6 is 0 Å². The van der Waals surface area contributed by atoms with Crippen molar-refractivity contribution in [3.8, 4) is 0 Å². The molecule has 1 atom stereocenters. The number of methoxy groups -OCH3 is 1. The number of carbonyl (C=O) groups excluding carboxylic acids is 1. The number of rotatable bonds is 12. The molecule has 0 aliphatic heterocycles. The molecule has 0 saturated carbocycles. The number of nitrogens with one attached hydrogen (secondary N) is 1. The number of hydrogen-bond donors (Lipinski definition) is 2. The standard InChI is InChI=1S/C11H23N3O5/c1-4-18-8-11(7-17-3,13-14(2)16)9-19-6-5-10(12)15/h4-9H2,1-3H3,(H2-,12,13,15,16)/p+1. The summed E-state index contributed by atoms with van der Waals surface area (Å²) >= 11 is 0. The second-order valence-electron chi connectivity index (χ2n) is 4.23. The molecule has 3 N–H and O–H groups in total. The zero-order chi connectivity index (χ0) is 14.7. The van der Waals surface area contributed by atoms with Crippen molar-refractivity contribution in [2.24, 2.45) is 5.73 Å². The van der Waals surface area contributed by atoms with Crippen LogP contribution in [-0.4, -0.2) is 63.5 Å². The number of amides is 1. The number of nitrogens with zero attached hydrogens (tertiary/aromatic N) is 1. The van der Waals surface area contributed by atoms with Gasteiger partial charge in [-0.3, -0.25) is 4.79 Å². The van der Waals surface area contributed by atoms with Gasteiger partial charge < -0.3 is 19.9 Å². The van der Waals surface area contributed by atoms with Crippen LogP contribution in [0.25, 0.3) is 0 Å². The summed E-state index contributed by atoms with van der Waals surface area (Å²) < 4.78 is 15.8. The molecule has 8 nitrogen and oxygen atoms in total. The van der Waals surface area contributed by atoms with Gasteiger partial charge in [0.25, 0.3) is 0 Å². The van der Waals surface area contributed by atoms with Crippen LogP contribution in [0.2, 0.25) is 0 Å². The van der Waals surface area contributed by atoms with Crippen molar-refractivity contribution in [1.29, 1.82) is 0 Å². The third-order valence-corrected chi connectivity index (χ3v) is 2.27. The number of ether oxygens (including phenoxy) is 3. The number of carbonyl (C=O) groups is 1. The lowest BCUT2D eigenvalue weighted by Crippen LogP contribution is -2.58. The van der Waals surface area contributed by atoms with Crippen LogP contribution in [0.4, 0.5) is 0 Å². The lowest BCUT2D eigenvalue weighted by Gasteiger charge is -2.28. The van der Waals surface area contributed by atoms with Crippen molar-refractivity contribution in [2.45, 2.75) is 18.9 Å². The smallest absolute Gasteiger partial charge is 0.219 e. The highest BCUT2D eigenvalue weighted by atomic mass is 16.5. The Morgan fingerprint density at radius 1 is 1.32 bits per heavy atom. The van der Waals surface area contributed by atoms with Crippen LogP contribution in [0.15, 0.2) is 0 Å². The zero-order valence-corrected chi connectivity index (χ0v) is 11.8. The van der Waals surface area contributed by atoms with Gasteiger partial charge in [-0.05, 0) is 6.92 Å². The van der Waals surface area contributed by atoms with Crippen molar-refractivity contribution >= 4 is 5.91 Å². The van der Waals surface area contributed by atoms with Gasteiger partial charge in [-0.2, -0.15) is 0 Å². The Morgan fingerprint density at radius 3 is 2.42 bits per heavy atom. The van der Waals surface area contributed by atoms with Gasteiger partial charge in [0.2, 0.25) is 13.0 Å². The summed E-state index contributed by atoms with van der Waals surface area (Å²) in [6.45, 7) is 3.21. The molecule has 0 saturated heterocycles. The van der Waals surface area contributed by atoms with Crippen molar-refractivity contribution in [3.63, 3.8) is 0 Å². The molecule has 0 aromatic heterocycles. The molecule has 0 fully saturated rings. The number of nitrogens with two attached hydrogens (primary N) is 1. The Kier molecular flexibility index (Phi) is 9.02. The first-order valence-electron chi connectivity index (χ1n) is 6.07. The van der Waals surface area contributed by atoms with Gasteiger partial charge in [0.1, 0.15) is 4.87 Å². The lowest BCUT2D eigenvalue weighted by atomic mass is 10.0. The second-order valence-corrected chi connectivity index (χ2v) is 4.23. The van der Waals surface area contributed by atoms with Crippen LogP contribution in [-0.2, 0) is 19.0 Å². The molecule has 1 amide bonds. The van der Waals surface area contributed by atoms with E-state index in [1.807, 2.05) is 6.92 Å². The molecule has 112 valence electrons. The highest BCUT2D eigenvalue weighted by Crippen LogP contribution is 2.08. The van der Waals surface area contributed by atoms with E-state index in [0.717, 1.165) is 0 Å². The van der Waals surface area contributed by atoms with E-state index in [9.17, 15) is 9.70 Å². The summed E-state index contributed by atoms with van der Waals surface area (Å²) in [5.74, 6) is -0.434. The molecule has 0 aliphatic carbocycles. The molecule has 0 aliphatic rings. The normalized spacial score (nSPS) is 13.8. The highest BCUT2D eigenvalue weighted by Gasteiger charge is 2.36. The van der Waals surface area contributed by atoms with Gasteiger partial charge in [0, 0.05) is 20.1 Å². The van der Waals surface area contributed by atoms with E-state index in [-0.39, 0.29) is 32.8 Å². The molecule has 0 bridgehead atoms. The fourth-order valence-electron chi connectivity index (χ4n) is 1.57. The molecule has 0 aromatic carbocycles. The van der Waals surface area contributed by atoms with Crippen molar-refractivity contribution < 1.29 is 23.9 Å². The fourth-order valence-corrected chi connectivity index (χ4v) is 1.57. The van der Waals surface area contributed by atoms with Gasteiger partial charge in [-0.1, -0.05) is 0 Å².